The van der Waals surface area contributed by atoms with Crippen molar-refractivity contribution in [2.75, 3.05) is 7.05 Å². The summed E-state index contributed by atoms with van der Waals surface area (Å²) in [5.41, 5.74) is 6.72. The lowest BCUT2D eigenvalue weighted by molar-refractivity contribution is 0.314. The van der Waals surface area contributed by atoms with Crippen molar-refractivity contribution < 1.29 is 0 Å². The maximum atomic E-state index is 11.7. The first-order valence-corrected chi connectivity index (χ1v) is 9.99. The number of fused-ring (bicyclic) bond motifs is 1. The predicted molar refractivity (Wildman–Crippen MR) is 110 cm³/mol. The molecule has 0 aliphatic heterocycles. The Morgan fingerprint density at radius 3 is 2.64 bits per heavy atom. The van der Waals surface area contributed by atoms with Crippen molar-refractivity contribution in [2.24, 2.45) is 0 Å². The van der Waals surface area contributed by atoms with Crippen LogP contribution in [-0.4, -0.2) is 32.1 Å². The van der Waals surface area contributed by atoms with Gasteiger partial charge in [-0.3, -0.25) is 14.8 Å². The van der Waals surface area contributed by atoms with Crippen LogP contribution in [0, 0.1) is 6.92 Å². The molecule has 3 aromatic rings. The Morgan fingerprint density at radius 1 is 1.07 bits per heavy atom. The summed E-state index contributed by atoms with van der Waals surface area (Å²) in [5.74, 6) is 0.615. The number of nitrogens with zero attached hydrogens (tertiary/aromatic N) is 3. The molecule has 1 aliphatic rings. The van der Waals surface area contributed by atoms with Gasteiger partial charge in [0.2, 0.25) is 0 Å². The van der Waals surface area contributed by atoms with Gasteiger partial charge >= 0.3 is 0 Å². The molecule has 6 nitrogen and oxygen atoms in total. The molecule has 0 radical (unpaired) electrons. The fraction of sp³-hybridized carbons (Fsp3) is 0.409. The Bertz CT molecular complexity index is 1000. The fourth-order valence-electron chi connectivity index (χ4n) is 3.96. The average molecular weight is 377 g/mol. The third-order valence-electron chi connectivity index (χ3n) is 5.36. The van der Waals surface area contributed by atoms with Crippen molar-refractivity contribution in [3.05, 3.63) is 68.9 Å². The number of aromatic amines is 2. The predicted octanol–water partition coefficient (Wildman–Crippen LogP) is 3.37. The molecule has 0 fully saturated rings. The number of rotatable bonds is 5. The lowest BCUT2D eigenvalue weighted by Gasteiger charge is -2.16. The molecule has 2 heterocycles. The van der Waals surface area contributed by atoms with E-state index in [4.69, 9.17) is 0 Å². The molecule has 4 rings (SSSR count). The molecule has 0 atom stereocenters. The van der Waals surface area contributed by atoms with Crippen molar-refractivity contribution in [1.29, 1.82) is 0 Å². The van der Waals surface area contributed by atoms with E-state index in [1.165, 1.54) is 47.8 Å². The van der Waals surface area contributed by atoms with Gasteiger partial charge in [-0.25, -0.2) is 4.98 Å². The number of nitrogens with one attached hydrogen (secondary N) is 2. The third-order valence-corrected chi connectivity index (χ3v) is 5.36. The van der Waals surface area contributed by atoms with Crippen LogP contribution in [0.4, 0.5) is 0 Å². The van der Waals surface area contributed by atoms with E-state index in [9.17, 15) is 4.79 Å². The van der Waals surface area contributed by atoms with Crippen LogP contribution in [0.3, 0.4) is 0 Å². The van der Waals surface area contributed by atoms with E-state index in [2.05, 4.69) is 44.2 Å². The number of benzene rings is 1. The molecule has 0 saturated carbocycles. The molecule has 2 N–H and O–H groups in total. The molecule has 6 heteroatoms. The van der Waals surface area contributed by atoms with E-state index in [1.807, 2.05) is 19.1 Å². The normalized spacial score (nSPS) is 14.1. The van der Waals surface area contributed by atoms with E-state index >= 15 is 0 Å². The Balaban J connectivity index is 1.43. The average Bonchev–Trinajstić information content (AvgIpc) is 2.88. The van der Waals surface area contributed by atoms with Gasteiger partial charge in [0.25, 0.3) is 5.56 Å². The van der Waals surface area contributed by atoms with Gasteiger partial charge < -0.3 is 4.98 Å². The first kappa shape index (κ1) is 18.6. The minimum absolute atomic E-state index is 0.121. The van der Waals surface area contributed by atoms with Gasteiger partial charge in [-0.1, -0.05) is 30.7 Å². The standard InChI is InChI=1S/C22H27N5O/c1-15-12-21(28)24-22(23-15)17-10-8-16(9-11-17)13-27(2)14-20-18-6-4-3-5-7-19(18)25-26-20/h8-12H,3-7,13-14H2,1-2H3,(H,25,26)(H,23,24,28). The molecular formula is C22H27N5O. The van der Waals surface area contributed by atoms with E-state index in [1.54, 1.807) is 0 Å². The summed E-state index contributed by atoms with van der Waals surface area (Å²) in [6.07, 6.45) is 6.11. The number of hydrogen-bond acceptors (Lipinski definition) is 4. The lowest BCUT2D eigenvalue weighted by Crippen LogP contribution is -2.18. The highest BCUT2D eigenvalue weighted by Crippen LogP contribution is 2.23. The summed E-state index contributed by atoms with van der Waals surface area (Å²) in [7, 11) is 2.13. The smallest absolute Gasteiger partial charge is 0.251 e. The lowest BCUT2D eigenvalue weighted by atomic mass is 10.1. The zero-order valence-corrected chi connectivity index (χ0v) is 16.6. The van der Waals surface area contributed by atoms with Crippen molar-refractivity contribution >= 4 is 0 Å². The van der Waals surface area contributed by atoms with Gasteiger partial charge in [0, 0.05) is 36.1 Å². The minimum Gasteiger partial charge on any atom is -0.307 e. The summed E-state index contributed by atoms with van der Waals surface area (Å²) in [6, 6.07) is 9.73. The molecule has 0 unspecified atom stereocenters. The fourth-order valence-corrected chi connectivity index (χ4v) is 3.96. The van der Waals surface area contributed by atoms with Gasteiger partial charge in [-0.2, -0.15) is 5.10 Å². The summed E-state index contributed by atoms with van der Waals surface area (Å²) >= 11 is 0. The van der Waals surface area contributed by atoms with Crippen LogP contribution < -0.4 is 5.56 Å². The minimum atomic E-state index is -0.121. The van der Waals surface area contributed by atoms with Crippen LogP contribution in [0.25, 0.3) is 11.4 Å². The topological polar surface area (TPSA) is 77.7 Å². The van der Waals surface area contributed by atoms with Gasteiger partial charge in [0.1, 0.15) is 5.82 Å². The molecule has 1 aliphatic carbocycles. The molecule has 2 aromatic heterocycles. The first-order chi connectivity index (χ1) is 13.6. The zero-order chi connectivity index (χ0) is 19.5. The summed E-state index contributed by atoms with van der Waals surface area (Å²) in [5, 5.41) is 7.84. The van der Waals surface area contributed by atoms with Gasteiger partial charge in [-0.15, -0.1) is 0 Å². The summed E-state index contributed by atoms with van der Waals surface area (Å²) in [4.78, 5) is 21.2. The van der Waals surface area contributed by atoms with E-state index < -0.39 is 0 Å². The van der Waals surface area contributed by atoms with Gasteiger partial charge in [-0.05, 0) is 50.8 Å². The largest absolute Gasteiger partial charge is 0.307 e. The van der Waals surface area contributed by atoms with E-state index in [0.29, 0.717) is 5.82 Å². The van der Waals surface area contributed by atoms with E-state index in [0.717, 1.165) is 37.2 Å². The van der Waals surface area contributed by atoms with Gasteiger partial charge in [0.15, 0.2) is 0 Å². The Kier molecular flexibility index (Phi) is 5.39. The van der Waals surface area contributed by atoms with Crippen molar-refractivity contribution in [3.8, 4) is 11.4 Å². The Morgan fingerprint density at radius 2 is 1.86 bits per heavy atom. The molecule has 146 valence electrons. The molecule has 28 heavy (non-hydrogen) atoms. The van der Waals surface area contributed by atoms with Crippen LogP contribution in [0.15, 0.2) is 35.1 Å². The van der Waals surface area contributed by atoms with Crippen LogP contribution >= 0.6 is 0 Å². The van der Waals surface area contributed by atoms with Crippen molar-refractivity contribution in [2.45, 2.75) is 52.1 Å². The van der Waals surface area contributed by atoms with Crippen LogP contribution in [0.5, 0.6) is 0 Å². The van der Waals surface area contributed by atoms with Crippen LogP contribution in [0.2, 0.25) is 0 Å². The number of H-pyrrole nitrogens is 2. The monoisotopic (exact) mass is 377 g/mol. The van der Waals surface area contributed by atoms with Crippen LogP contribution in [0.1, 0.15) is 47.5 Å². The number of hydrogen-bond donors (Lipinski definition) is 2. The number of aryl methyl sites for hydroxylation is 2. The Hall–Kier alpha value is -2.73. The van der Waals surface area contributed by atoms with Crippen LogP contribution in [-0.2, 0) is 25.9 Å². The molecule has 1 aromatic carbocycles. The second-order valence-electron chi connectivity index (χ2n) is 7.79. The third kappa shape index (κ3) is 4.22. The molecule has 0 saturated heterocycles. The van der Waals surface area contributed by atoms with Crippen molar-refractivity contribution in [3.63, 3.8) is 0 Å². The second kappa shape index (κ2) is 8.10. The maximum absolute atomic E-state index is 11.7. The maximum Gasteiger partial charge on any atom is 0.251 e. The molecule has 0 spiro atoms. The second-order valence-corrected chi connectivity index (χ2v) is 7.79. The highest BCUT2D eigenvalue weighted by atomic mass is 16.1. The van der Waals surface area contributed by atoms with E-state index in [-0.39, 0.29) is 5.56 Å². The summed E-state index contributed by atoms with van der Waals surface area (Å²) in [6.45, 7) is 3.53. The Labute approximate surface area is 165 Å². The summed E-state index contributed by atoms with van der Waals surface area (Å²) < 4.78 is 0. The first-order valence-electron chi connectivity index (χ1n) is 9.99. The van der Waals surface area contributed by atoms with Crippen molar-refractivity contribution in [1.82, 2.24) is 25.1 Å². The van der Waals surface area contributed by atoms with Gasteiger partial charge in [0.05, 0.1) is 5.69 Å². The highest BCUT2D eigenvalue weighted by Gasteiger charge is 2.16. The zero-order valence-electron chi connectivity index (χ0n) is 16.6. The number of aromatic nitrogens is 4. The highest BCUT2D eigenvalue weighted by molar-refractivity contribution is 5.55. The molecule has 0 bridgehead atoms. The molecule has 0 amide bonds. The molecular weight excluding hydrogens is 350 g/mol. The quantitative estimate of drug-likeness (QED) is 0.668. The SMILES string of the molecule is Cc1cc(=O)[nH]c(-c2ccc(CN(C)Cc3n[nH]c4c3CCCCC4)cc2)n1.